The van der Waals surface area contributed by atoms with Gasteiger partial charge in [-0.2, -0.15) is 0 Å². The van der Waals surface area contributed by atoms with Crippen molar-refractivity contribution in [2.45, 2.75) is 19.9 Å². The van der Waals surface area contributed by atoms with Crippen LogP contribution in [0.3, 0.4) is 0 Å². The number of nitrogens with zero attached hydrogens (tertiary/aromatic N) is 2. The molecule has 0 aliphatic carbocycles. The van der Waals surface area contributed by atoms with E-state index in [0.29, 0.717) is 12.7 Å². The molecule has 9 heavy (non-hydrogen) atoms. The molecule has 0 fully saturated rings. The summed E-state index contributed by atoms with van der Waals surface area (Å²) in [6.45, 7) is 4.95. The van der Waals surface area contributed by atoms with Crippen LogP contribution in [0.15, 0.2) is 4.99 Å². The Morgan fingerprint density at radius 3 is 2.78 bits per heavy atom. The minimum Gasteiger partial charge on any atom is -0.279 e. The van der Waals surface area contributed by atoms with E-state index in [1.54, 1.807) is 0 Å². The van der Waals surface area contributed by atoms with Crippen molar-refractivity contribution in [2.24, 2.45) is 4.99 Å². The molecule has 0 aromatic carbocycles. The van der Waals surface area contributed by atoms with Crippen molar-refractivity contribution >= 4 is 12.7 Å². The second-order valence-corrected chi connectivity index (χ2v) is 2.33. The molecule has 0 saturated carbocycles. The van der Waals surface area contributed by atoms with Gasteiger partial charge in [0.25, 0.3) is 0 Å². The Balaban J connectivity index is 2.58. The zero-order chi connectivity index (χ0) is 6.69. The molecule has 0 bridgehead atoms. The highest BCUT2D eigenvalue weighted by Gasteiger charge is 2.03. The standard InChI is InChI=1S/C6H11N3/c1-6(2)9-4-7-3-8-5-9/h4-6H,3H2,1-2H3/p+1. The van der Waals surface area contributed by atoms with Gasteiger partial charge in [-0.15, -0.1) is 4.99 Å². The predicted octanol–water partition coefficient (Wildman–Crippen LogP) is 0.0246. The van der Waals surface area contributed by atoms with Gasteiger partial charge >= 0.3 is 0 Å². The van der Waals surface area contributed by atoms with Gasteiger partial charge in [0.2, 0.25) is 13.0 Å². The monoisotopic (exact) mass is 126 g/mol. The average molecular weight is 126 g/mol. The molecule has 1 N–H and O–H groups in total. The van der Waals surface area contributed by atoms with Crippen molar-refractivity contribution < 1.29 is 4.58 Å². The van der Waals surface area contributed by atoms with Gasteiger partial charge in [-0.1, -0.05) is 0 Å². The predicted molar refractivity (Wildman–Crippen MR) is 38.0 cm³/mol. The van der Waals surface area contributed by atoms with Gasteiger partial charge < -0.3 is 0 Å². The number of rotatable bonds is 1. The van der Waals surface area contributed by atoms with E-state index in [2.05, 4.69) is 24.2 Å². The van der Waals surface area contributed by atoms with Gasteiger partial charge in [-0.05, 0) is 13.8 Å². The molecule has 1 heterocycles. The SMILES string of the molecule is CC(C)[N+]1=CNCN=C1. The molecule has 0 aromatic rings. The molecule has 0 saturated heterocycles. The van der Waals surface area contributed by atoms with Crippen LogP contribution >= 0.6 is 0 Å². The van der Waals surface area contributed by atoms with Gasteiger partial charge in [0, 0.05) is 0 Å². The highest BCUT2D eigenvalue weighted by Crippen LogP contribution is 1.84. The number of hydrogen-bond acceptors (Lipinski definition) is 2. The molecule has 0 spiro atoms. The molecule has 1 aliphatic rings. The first-order chi connectivity index (χ1) is 4.30. The molecule has 0 aromatic heterocycles. The normalized spacial score (nSPS) is 17.4. The number of hydrogen-bond donors (Lipinski definition) is 1. The van der Waals surface area contributed by atoms with Crippen molar-refractivity contribution in [3.63, 3.8) is 0 Å². The largest absolute Gasteiger partial charge is 0.279 e. The Bertz CT molecular complexity index is 146. The van der Waals surface area contributed by atoms with Crippen molar-refractivity contribution in [3.05, 3.63) is 0 Å². The molecule has 0 unspecified atom stereocenters. The van der Waals surface area contributed by atoms with Crippen molar-refractivity contribution in [1.82, 2.24) is 5.32 Å². The fourth-order valence-electron chi connectivity index (χ4n) is 0.650. The summed E-state index contributed by atoms with van der Waals surface area (Å²) in [6, 6.07) is 0.501. The van der Waals surface area contributed by atoms with Gasteiger partial charge in [0.15, 0.2) is 6.34 Å². The third-order valence-corrected chi connectivity index (χ3v) is 1.23. The quantitative estimate of drug-likeness (QED) is 0.493. The van der Waals surface area contributed by atoms with Crippen LogP contribution in [-0.2, 0) is 0 Å². The Morgan fingerprint density at radius 2 is 2.44 bits per heavy atom. The van der Waals surface area contributed by atoms with Crippen LogP contribution in [0, 0.1) is 0 Å². The third-order valence-electron chi connectivity index (χ3n) is 1.23. The zero-order valence-electron chi connectivity index (χ0n) is 5.83. The first-order valence-electron chi connectivity index (χ1n) is 3.15. The molecule has 0 amide bonds. The lowest BCUT2D eigenvalue weighted by atomic mass is 10.4. The fraction of sp³-hybridized carbons (Fsp3) is 0.667. The van der Waals surface area contributed by atoms with Crippen LogP contribution in [0.25, 0.3) is 0 Å². The molecule has 50 valence electrons. The van der Waals surface area contributed by atoms with E-state index in [-0.39, 0.29) is 0 Å². The molecule has 0 atom stereocenters. The highest BCUT2D eigenvalue weighted by atomic mass is 15.2. The van der Waals surface area contributed by atoms with Crippen LogP contribution in [0.2, 0.25) is 0 Å². The van der Waals surface area contributed by atoms with Crippen molar-refractivity contribution in [2.75, 3.05) is 6.67 Å². The third kappa shape index (κ3) is 1.52. The minimum absolute atomic E-state index is 0.501. The second kappa shape index (κ2) is 2.62. The van der Waals surface area contributed by atoms with Crippen molar-refractivity contribution in [1.29, 1.82) is 0 Å². The number of nitrogens with one attached hydrogen (secondary N) is 1. The molecule has 1 aliphatic heterocycles. The van der Waals surface area contributed by atoms with Crippen LogP contribution in [0.5, 0.6) is 0 Å². The number of aliphatic imine (C=N–C) groups is 1. The molecule has 0 radical (unpaired) electrons. The van der Waals surface area contributed by atoms with E-state index >= 15 is 0 Å². The van der Waals surface area contributed by atoms with Gasteiger partial charge in [0.1, 0.15) is 0 Å². The van der Waals surface area contributed by atoms with E-state index < -0.39 is 0 Å². The summed E-state index contributed by atoms with van der Waals surface area (Å²) in [5, 5.41) is 3.02. The minimum atomic E-state index is 0.501. The summed E-state index contributed by atoms with van der Waals surface area (Å²) in [7, 11) is 0. The lowest BCUT2D eigenvalue weighted by Crippen LogP contribution is -2.31. The van der Waals surface area contributed by atoms with Crippen molar-refractivity contribution in [3.8, 4) is 0 Å². The fourth-order valence-corrected chi connectivity index (χ4v) is 0.650. The Hall–Kier alpha value is -0.860. The maximum Gasteiger partial charge on any atom is 0.223 e. The summed E-state index contributed by atoms with van der Waals surface area (Å²) in [4.78, 5) is 4.04. The second-order valence-electron chi connectivity index (χ2n) is 2.33. The molecule has 3 nitrogen and oxygen atoms in total. The van der Waals surface area contributed by atoms with Crippen LogP contribution < -0.4 is 5.32 Å². The maximum atomic E-state index is 4.04. The van der Waals surface area contributed by atoms with Gasteiger partial charge in [-0.3, -0.25) is 5.32 Å². The Morgan fingerprint density at radius 1 is 1.67 bits per heavy atom. The van der Waals surface area contributed by atoms with Crippen LogP contribution in [0.1, 0.15) is 13.8 Å². The molecule has 3 heteroatoms. The van der Waals surface area contributed by atoms with Gasteiger partial charge in [-0.25, -0.2) is 4.58 Å². The lowest BCUT2D eigenvalue weighted by molar-refractivity contribution is -0.434. The van der Waals surface area contributed by atoms with E-state index in [1.165, 1.54) is 0 Å². The van der Waals surface area contributed by atoms with E-state index in [9.17, 15) is 0 Å². The summed E-state index contributed by atoms with van der Waals surface area (Å²) in [5.74, 6) is 0. The smallest absolute Gasteiger partial charge is 0.223 e. The summed E-state index contributed by atoms with van der Waals surface area (Å²) < 4.78 is 2.03. The summed E-state index contributed by atoms with van der Waals surface area (Å²) >= 11 is 0. The van der Waals surface area contributed by atoms with E-state index in [1.807, 2.05) is 17.3 Å². The lowest BCUT2D eigenvalue weighted by Gasteiger charge is -2.07. The average Bonchev–Trinajstić information content (AvgIpc) is 1.90. The molecular weight excluding hydrogens is 114 g/mol. The van der Waals surface area contributed by atoms with E-state index in [0.717, 1.165) is 0 Å². The van der Waals surface area contributed by atoms with Crippen LogP contribution in [-0.4, -0.2) is 30.0 Å². The Kier molecular flexibility index (Phi) is 1.82. The Labute approximate surface area is 55.1 Å². The maximum absolute atomic E-state index is 4.04. The highest BCUT2D eigenvalue weighted by molar-refractivity contribution is 5.59. The summed E-state index contributed by atoms with van der Waals surface area (Å²) in [6.07, 6.45) is 3.79. The summed E-state index contributed by atoms with van der Waals surface area (Å²) in [5.41, 5.74) is 0. The van der Waals surface area contributed by atoms with Crippen LogP contribution in [0.4, 0.5) is 0 Å². The first kappa shape index (κ1) is 6.26. The zero-order valence-corrected chi connectivity index (χ0v) is 5.83. The molecule has 1 rings (SSSR count). The molecular formula is C6H12N3+. The van der Waals surface area contributed by atoms with E-state index in [4.69, 9.17) is 0 Å². The first-order valence-corrected chi connectivity index (χ1v) is 3.15. The topological polar surface area (TPSA) is 27.4 Å². The van der Waals surface area contributed by atoms with Gasteiger partial charge in [0.05, 0.1) is 6.04 Å².